The van der Waals surface area contributed by atoms with E-state index in [2.05, 4.69) is 10.1 Å². The van der Waals surface area contributed by atoms with Crippen molar-refractivity contribution in [3.8, 4) is 0 Å². The standard InChI is InChI=1S/C21H19NO7/c1-11-4-6-14-13(8-11)10-17(29-21(14)26)18(23)22-16-9-12(19(24)27-2)5-7-15(16)20(25)28-3/h4-9,17H,10H2,1-3H3,(H,22,23)/t17-/m1/s1. The molecule has 29 heavy (non-hydrogen) atoms. The predicted molar refractivity (Wildman–Crippen MR) is 102 cm³/mol. The van der Waals surface area contributed by atoms with Crippen molar-refractivity contribution in [1.29, 1.82) is 0 Å². The molecule has 2 aromatic rings. The summed E-state index contributed by atoms with van der Waals surface area (Å²) < 4.78 is 14.6. The Morgan fingerprint density at radius 2 is 1.76 bits per heavy atom. The van der Waals surface area contributed by atoms with E-state index in [9.17, 15) is 19.2 Å². The number of carbonyl (C=O) groups excluding carboxylic acids is 4. The van der Waals surface area contributed by atoms with Gasteiger partial charge in [0.1, 0.15) is 0 Å². The SMILES string of the molecule is COC(=O)c1ccc(C(=O)OC)c(NC(=O)[C@H]2Cc3cc(C)ccc3C(=O)O2)c1. The first-order chi connectivity index (χ1) is 13.8. The quantitative estimate of drug-likeness (QED) is 0.623. The average Bonchev–Trinajstić information content (AvgIpc) is 2.72. The van der Waals surface area contributed by atoms with Gasteiger partial charge in [-0.25, -0.2) is 14.4 Å². The molecule has 8 heteroatoms. The zero-order valence-corrected chi connectivity index (χ0v) is 16.1. The molecule has 0 spiro atoms. The molecule has 1 heterocycles. The van der Waals surface area contributed by atoms with Crippen molar-refractivity contribution in [2.75, 3.05) is 19.5 Å². The Hall–Kier alpha value is -3.68. The smallest absolute Gasteiger partial charge is 0.339 e. The fourth-order valence-electron chi connectivity index (χ4n) is 3.06. The summed E-state index contributed by atoms with van der Waals surface area (Å²) in [6, 6.07) is 9.32. The summed E-state index contributed by atoms with van der Waals surface area (Å²) in [6.07, 6.45) is -0.886. The second-order valence-electron chi connectivity index (χ2n) is 6.49. The van der Waals surface area contributed by atoms with E-state index in [4.69, 9.17) is 9.47 Å². The van der Waals surface area contributed by atoms with Crippen LogP contribution in [-0.2, 0) is 25.4 Å². The van der Waals surface area contributed by atoms with Crippen LogP contribution in [0.15, 0.2) is 36.4 Å². The number of hydrogen-bond donors (Lipinski definition) is 1. The van der Waals surface area contributed by atoms with Gasteiger partial charge in [0.05, 0.1) is 36.6 Å². The Morgan fingerprint density at radius 1 is 1.03 bits per heavy atom. The van der Waals surface area contributed by atoms with Gasteiger partial charge in [0.2, 0.25) is 0 Å². The molecule has 150 valence electrons. The van der Waals surface area contributed by atoms with Crippen LogP contribution in [0.1, 0.15) is 42.2 Å². The van der Waals surface area contributed by atoms with Gasteiger partial charge in [-0.1, -0.05) is 17.7 Å². The van der Waals surface area contributed by atoms with Crippen LogP contribution >= 0.6 is 0 Å². The van der Waals surface area contributed by atoms with Crippen LogP contribution in [0.3, 0.4) is 0 Å². The van der Waals surface area contributed by atoms with Gasteiger partial charge in [-0.05, 0) is 36.8 Å². The summed E-state index contributed by atoms with van der Waals surface area (Å²) in [5.41, 5.74) is 2.32. The lowest BCUT2D eigenvalue weighted by molar-refractivity contribution is -0.125. The van der Waals surface area contributed by atoms with Gasteiger partial charge in [-0.3, -0.25) is 4.79 Å². The largest absolute Gasteiger partial charge is 0.465 e. The lowest BCUT2D eigenvalue weighted by Crippen LogP contribution is -2.38. The zero-order chi connectivity index (χ0) is 21.1. The molecule has 0 saturated heterocycles. The highest BCUT2D eigenvalue weighted by Crippen LogP contribution is 2.25. The molecule has 0 aromatic heterocycles. The molecule has 3 rings (SSSR count). The third kappa shape index (κ3) is 4.11. The highest BCUT2D eigenvalue weighted by Gasteiger charge is 2.32. The van der Waals surface area contributed by atoms with Crippen LogP contribution in [0.4, 0.5) is 5.69 Å². The van der Waals surface area contributed by atoms with Crippen molar-refractivity contribution < 1.29 is 33.4 Å². The van der Waals surface area contributed by atoms with Crippen molar-refractivity contribution in [3.63, 3.8) is 0 Å². The Balaban J connectivity index is 1.89. The molecule has 8 nitrogen and oxygen atoms in total. The Bertz CT molecular complexity index is 1010. The van der Waals surface area contributed by atoms with E-state index in [1.807, 2.05) is 13.0 Å². The number of cyclic esters (lactones) is 1. The molecule has 1 aliphatic heterocycles. The van der Waals surface area contributed by atoms with Gasteiger partial charge in [-0.2, -0.15) is 0 Å². The molecular formula is C21H19NO7. The lowest BCUT2D eigenvalue weighted by atomic mass is 9.96. The molecule has 1 atom stereocenters. The van der Waals surface area contributed by atoms with Gasteiger partial charge < -0.3 is 19.5 Å². The van der Waals surface area contributed by atoms with Gasteiger partial charge in [0.25, 0.3) is 5.91 Å². The average molecular weight is 397 g/mol. The summed E-state index contributed by atoms with van der Waals surface area (Å²) >= 11 is 0. The number of nitrogens with one attached hydrogen (secondary N) is 1. The third-order valence-corrected chi connectivity index (χ3v) is 4.53. The summed E-state index contributed by atoms with van der Waals surface area (Å²) in [6.45, 7) is 1.89. The molecule has 0 radical (unpaired) electrons. The van der Waals surface area contributed by atoms with Gasteiger partial charge in [-0.15, -0.1) is 0 Å². The number of hydrogen-bond acceptors (Lipinski definition) is 7. The third-order valence-electron chi connectivity index (χ3n) is 4.53. The normalized spacial score (nSPS) is 15.0. The fraction of sp³-hybridized carbons (Fsp3) is 0.238. The van der Waals surface area contributed by atoms with E-state index < -0.39 is 29.9 Å². The highest BCUT2D eigenvalue weighted by atomic mass is 16.5. The lowest BCUT2D eigenvalue weighted by Gasteiger charge is -2.24. The fourth-order valence-corrected chi connectivity index (χ4v) is 3.06. The number of aryl methyl sites for hydroxylation is 1. The molecule has 0 fully saturated rings. The topological polar surface area (TPSA) is 108 Å². The molecule has 0 saturated carbocycles. The number of fused-ring (bicyclic) bond motifs is 1. The molecular weight excluding hydrogens is 378 g/mol. The van der Waals surface area contributed by atoms with E-state index >= 15 is 0 Å². The second-order valence-corrected chi connectivity index (χ2v) is 6.49. The van der Waals surface area contributed by atoms with E-state index in [0.717, 1.165) is 5.56 Å². The van der Waals surface area contributed by atoms with Crippen LogP contribution in [0.25, 0.3) is 0 Å². The van der Waals surface area contributed by atoms with Crippen molar-refractivity contribution >= 4 is 29.5 Å². The maximum Gasteiger partial charge on any atom is 0.339 e. The molecule has 0 aliphatic carbocycles. The maximum absolute atomic E-state index is 12.8. The van der Waals surface area contributed by atoms with Crippen LogP contribution < -0.4 is 5.32 Å². The molecule has 1 amide bonds. The minimum absolute atomic E-state index is 0.0480. The number of rotatable bonds is 4. The summed E-state index contributed by atoms with van der Waals surface area (Å²) in [5.74, 6) is -2.55. The first-order valence-electron chi connectivity index (χ1n) is 8.76. The van der Waals surface area contributed by atoms with E-state index in [0.29, 0.717) is 11.1 Å². The molecule has 0 bridgehead atoms. The number of amides is 1. The van der Waals surface area contributed by atoms with E-state index in [1.165, 1.54) is 32.4 Å². The number of benzene rings is 2. The minimum atomic E-state index is -1.08. The molecule has 2 aromatic carbocycles. The Kier molecular flexibility index (Phi) is 5.63. The van der Waals surface area contributed by atoms with Gasteiger partial charge in [0, 0.05) is 6.42 Å². The number of methoxy groups -OCH3 is 2. The highest BCUT2D eigenvalue weighted by molar-refractivity contribution is 6.05. The number of carbonyl (C=O) groups is 4. The number of ether oxygens (including phenoxy) is 3. The first kappa shape index (κ1) is 20.1. The minimum Gasteiger partial charge on any atom is -0.465 e. The Labute approximate surface area is 166 Å². The van der Waals surface area contributed by atoms with Crippen LogP contribution in [0.2, 0.25) is 0 Å². The first-order valence-corrected chi connectivity index (χ1v) is 8.76. The van der Waals surface area contributed by atoms with Gasteiger partial charge >= 0.3 is 17.9 Å². The molecule has 0 unspecified atom stereocenters. The zero-order valence-electron chi connectivity index (χ0n) is 16.1. The van der Waals surface area contributed by atoms with Crippen molar-refractivity contribution in [1.82, 2.24) is 0 Å². The van der Waals surface area contributed by atoms with E-state index in [1.54, 1.807) is 12.1 Å². The van der Waals surface area contributed by atoms with Gasteiger partial charge in [0.15, 0.2) is 6.10 Å². The summed E-state index contributed by atoms with van der Waals surface area (Å²) in [4.78, 5) is 48.8. The van der Waals surface area contributed by atoms with Crippen LogP contribution in [0.5, 0.6) is 0 Å². The summed E-state index contributed by atoms with van der Waals surface area (Å²) in [7, 11) is 2.42. The van der Waals surface area contributed by atoms with E-state index in [-0.39, 0.29) is 23.2 Å². The number of esters is 3. The predicted octanol–water partition coefficient (Wildman–Crippen LogP) is 2.29. The monoisotopic (exact) mass is 397 g/mol. The van der Waals surface area contributed by atoms with Crippen LogP contribution in [-0.4, -0.2) is 44.1 Å². The second kappa shape index (κ2) is 8.14. The maximum atomic E-state index is 12.8. The van der Waals surface area contributed by atoms with Crippen LogP contribution in [0, 0.1) is 6.92 Å². The Morgan fingerprint density at radius 3 is 2.45 bits per heavy atom. The van der Waals surface area contributed by atoms with Crippen molar-refractivity contribution in [2.24, 2.45) is 0 Å². The number of anilines is 1. The van der Waals surface area contributed by atoms with Crippen molar-refractivity contribution in [3.05, 3.63) is 64.2 Å². The van der Waals surface area contributed by atoms with Crippen molar-refractivity contribution in [2.45, 2.75) is 19.4 Å². The molecule has 1 aliphatic rings. The molecule has 1 N–H and O–H groups in total. The summed E-state index contributed by atoms with van der Waals surface area (Å²) in [5, 5.41) is 2.56.